The van der Waals surface area contributed by atoms with Gasteiger partial charge in [-0.3, -0.25) is 5.43 Å². The maximum atomic E-state index is 11.1. The minimum Gasteiger partial charge on any atom is -0.478 e. The van der Waals surface area contributed by atoms with Crippen LogP contribution in [0, 0.1) is 18.3 Å². The Hall–Kier alpha value is -3.96. The number of carboxylic acids is 1. The van der Waals surface area contributed by atoms with Crippen molar-refractivity contribution in [2.75, 3.05) is 12.5 Å². The number of hydrazone groups is 1. The number of pyridine rings is 1. The van der Waals surface area contributed by atoms with Crippen molar-refractivity contribution in [3.8, 4) is 17.4 Å². The van der Waals surface area contributed by atoms with Gasteiger partial charge in [0.25, 0.3) is 0 Å². The molecule has 8 heteroatoms. The molecule has 0 spiro atoms. The molecule has 0 saturated carbocycles. The van der Waals surface area contributed by atoms with Crippen LogP contribution in [0.1, 0.15) is 32.9 Å². The molecule has 0 saturated heterocycles. The molecule has 2 N–H and O–H groups in total. The van der Waals surface area contributed by atoms with Crippen molar-refractivity contribution in [3.05, 3.63) is 70.6 Å². The van der Waals surface area contributed by atoms with Crippen molar-refractivity contribution >= 4 is 18.0 Å². The SMILES string of the molecule is COCc1cc(C)nc(N/N=C\c2ccc(-c3cccc(C(=O)O)c3)o2)c1C#N. The molecular formula is C21H18N4O4. The third-order valence-electron chi connectivity index (χ3n) is 4.02. The van der Waals surface area contributed by atoms with Crippen LogP contribution in [0.25, 0.3) is 11.3 Å². The third kappa shape index (κ3) is 4.66. The van der Waals surface area contributed by atoms with Crippen molar-refractivity contribution in [2.45, 2.75) is 13.5 Å². The van der Waals surface area contributed by atoms with E-state index in [9.17, 15) is 10.1 Å². The first-order valence-electron chi connectivity index (χ1n) is 8.64. The summed E-state index contributed by atoms with van der Waals surface area (Å²) in [7, 11) is 1.56. The van der Waals surface area contributed by atoms with Crippen LogP contribution in [-0.2, 0) is 11.3 Å². The van der Waals surface area contributed by atoms with E-state index in [1.54, 1.807) is 37.4 Å². The number of hydrogen-bond donors (Lipinski definition) is 2. The topological polar surface area (TPSA) is 121 Å². The van der Waals surface area contributed by atoms with E-state index in [1.807, 2.05) is 6.92 Å². The molecule has 29 heavy (non-hydrogen) atoms. The maximum absolute atomic E-state index is 11.1. The van der Waals surface area contributed by atoms with Crippen LogP contribution in [0.3, 0.4) is 0 Å². The predicted molar refractivity (Wildman–Crippen MR) is 107 cm³/mol. The molecule has 1 aromatic carbocycles. The number of carboxylic acid groups (broad SMARTS) is 1. The molecule has 0 aliphatic rings. The monoisotopic (exact) mass is 390 g/mol. The van der Waals surface area contributed by atoms with Gasteiger partial charge in [0, 0.05) is 23.9 Å². The second-order valence-corrected chi connectivity index (χ2v) is 6.15. The van der Waals surface area contributed by atoms with Crippen LogP contribution in [0.5, 0.6) is 0 Å². The average Bonchev–Trinajstić information content (AvgIpc) is 3.17. The molecule has 0 bridgehead atoms. The summed E-state index contributed by atoms with van der Waals surface area (Å²) in [4.78, 5) is 15.4. The standard InChI is InChI=1S/C21H18N4O4/c1-13-8-16(12-28-2)18(10-22)20(24-13)25-23-11-17-6-7-19(29-17)14-4-3-5-15(9-14)21(26)27/h3-9,11H,12H2,1-2H3,(H,24,25)(H,26,27)/b23-11-. The van der Waals surface area contributed by atoms with Gasteiger partial charge in [-0.1, -0.05) is 12.1 Å². The summed E-state index contributed by atoms with van der Waals surface area (Å²) in [5.74, 6) is 0.299. The quantitative estimate of drug-likeness (QED) is 0.465. The molecule has 0 radical (unpaired) electrons. The van der Waals surface area contributed by atoms with E-state index < -0.39 is 5.97 Å². The van der Waals surface area contributed by atoms with Gasteiger partial charge in [-0.25, -0.2) is 9.78 Å². The number of anilines is 1. The third-order valence-corrected chi connectivity index (χ3v) is 4.02. The Morgan fingerprint density at radius 1 is 1.38 bits per heavy atom. The van der Waals surface area contributed by atoms with E-state index in [1.165, 1.54) is 18.3 Å². The molecule has 0 aliphatic heterocycles. The molecule has 2 heterocycles. The van der Waals surface area contributed by atoms with E-state index in [0.717, 1.165) is 11.3 Å². The Balaban J connectivity index is 1.78. The molecule has 0 unspecified atom stereocenters. The molecule has 0 atom stereocenters. The molecule has 0 fully saturated rings. The van der Waals surface area contributed by atoms with Crippen molar-refractivity contribution in [3.63, 3.8) is 0 Å². The number of furan rings is 1. The van der Waals surface area contributed by atoms with Gasteiger partial charge in [-0.2, -0.15) is 10.4 Å². The Labute approximate surface area is 167 Å². The largest absolute Gasteiger partial charge is 0.478 e. The van der Waals surface area contributed by atoms with Gasteiger partial charge in [0.1, 0.15) is 23.2 Å². The first-order chi connectivity index (χ1) is 14.0. The fourth-order valence-electron chi connectivity index (χ4n) is 2.76. The zero-order valence-corrected chi connectivity index (χ0v) is 15.8. The number of benzene rings is 1. The minimum atomic E-state index is -1.00. The number of aromatic carboxylic acids is 1. The molecule has 0 aliphatic carbocycles. The smallest absolute Gasteiger partial charge is 0.335 e. The Bertz CT molecular complexity index is 1110. The average molecular weight is 390 g/mol. The van der Waals surface area contributed by atoms with Gasteiger partial charge in [0.05, 0.1) is 18.4 Å². The lowest BCUT2D eigenvalue weighted by atomic mass is 10.1. The fraction of sp³-hybridized carbons (Fsp3) is 0.143. The number of methoxy groups -OCH3 is 1. The number of aromatic nitrogens is 1. The van der Waals surface area contributed by atoms with Crippen molar-refractivity contribution in [1.82, 2.24) is 4.98 Å². The number of nitrogens with one attached hydrogen (secondary N) is 1. The number of rotatable bonds is 7. The highest BCUT2D eigenvalue weighted by molar-refractivity contribution is 5.89. The van der Waals surface area contributed by atoms with Crippen LogP contribution in [0.4, 0.5) is 5.82 Å². The number of carbonyl (C=O) groups is 1. The zero-order valence-electron chi connectivity index (χ0n) is 15.8. The highest BCUT2D eigenvalue weighted by Crippen LogP contribution is 2.23. The number of ether oxygens (including phenoxy) is 1. The molecule has 146 valence electrons. The van der Waals surface area contributed by atoms with Gasteiger partial charge in [0.2, 0.25) is 0 Å². The van der Waals surface area contributed by atoms with Crippen LogP contribution >= 0.6 is 0 Å². The number of hydrogen-bond acceptors (Lipinski definition) is 7. The van der Waals surface area contributed by atoms with Crippen molar-refractivity contribution in [1.29, 1.82) is 5.26 Å². The summed E-state index contributed by atoms with van der Waals surface area (Å²) >= 11 is 0. The van der Waals surface area contributed by atoms with Gasteiger partial charge in [-0.05, 0) is 37.3 Å². The number of nitriles is 1. The number of nitrogens with zero attached hydrogens (tertiary/aromatic N) is 3. The van der Waals surface area contributed by atoms with Crippen molar-refractivity contribution < 1.29 is 19.1 Å². The highest BCUT2D eigenvalue weighted by Gasteiger charge is 2.11. The molecule has 8 nitrogen and oxygen atoms in total. The molecule has 3 aromatic rings. The Morgan fingerprint density at radius 3 is 2.93 bits per heavy atom. The van der Waals surface area contributed by atoms with E-state index in [0.29, 0.717) is 35.1 Å². The van der Waals surface area contributed by atoms with Gasteiger partial charge in [0.15, 0.2) is 5.82 Å². The highest BCUT2D eigenvalue weighted by atomic mass is 16.5. The lowest BCUT2D eigenvalue weighted by Gasteiger charge is -2.08. The van der Waals surface area contributed by atoms with Crippen molar-refractivity contribution in [2.24, 2.45) is 5.10 Å². The lowest BCUT2D eigenvalue weighted by molar-refractivity contribution is 0.0697. The maximum Gasteiger partial charge on any atom is 0.335 e. The van der Waals surface area contributed by atoms with E-state index >= 15 is 0 Å². The summed E-state index contributed by atoms with van der Waals surface area (Å²) in [6, 6.07) is 13.8. The van der Waals surface area contributed by atoms with E-state index in [2.05, 4.69) is 21.6 Å². The normalized spacial score (nSPS) is 10.8. The van der Waals surface area contributed by atoms with Crippen LogP contribution < -0.4 is 5.43 Å². The minimum absolute atomic E-state index is 0.178. The van der Waals surface area contributed by atoms with E-state index in [4.69, 9.17) is 14.3 Å². The molecular weight excluding hydrogens is 372 g/mol. The van der Waals surface area contributed by atoms with E-state index in [-0.39, 0.29) is 5.56 Å². The summed E-state index contributed by atoms with van der Waals surface area (Å²) in [5.41, 5.74) is 5.40. The van der Waals surface area contributed by atoms with Gasteiger partial charge >= 0.3 is 5.97 Å². The Morgan fingerprint density at radius 2 is 2.21 bits per heavy atom. The predicted octanol–water partition coefficient (Wildman–Crippen LogP) is 3.81. The van der Waals surface area contributed by atoms with Crippen LogP contribution in [0.15, 0.2) is 52.0 Å². The summed E-state index contributed by atoms with van der Waals surface area (Å²) in [5, 5.41) is 22.6. The first-order valence-corrected chi connectivity index (χ1v) is 8.64. The molecule has 0 amide bonds. The first kappa shape index (κ1) is 19.8. The van der Waals surface area contributed by atoms with Crippen LogP contribution in [-0.4, -0.2) is 29.4 Å². The second kappa shape index (κ2) is 8.82. The Kier molecular flexibility index (Phi) is 6.02. The van der Waals surface area contributed by atoms with Gasteiger partial charge < -0.3 is 14.3 Å². The second-order valence-electron chi connectivity index (χ2n) is 6.15. The zero-order chi connectivity index (χ0) is 20.8. The summed E-state index contributed by atoms with van der Waals surface area (Å²) < 4.78 is 10.8. The fourth-order valence-corrected chi connectivity index (χ4v) is 2.76. The lowest BCUT2D eigenvalue weighted by Crippen LogP contribution is -2.03. The summed E-state index contributed by atoms with van der Waals surface area (Å²) in [6.07, 6.45) is 1.45. The van der Waals surface area contributed by atoms with Crippen LogP contribution in [0.2, 0.25) is 0 Å². The summed E-state index contributed by atoms with van der Waals surface area (Å²) in [6.45, 7) is 2.11. The number of aryl methyl sites for hydroxylation is 1. The van der Waals surface area contributed by atoms with Gasteiger partial charge in [-0.15, -0.1) is 0 Å². The molecule has 2 aromatic heterocycles. The molecule has 3 rings (SSSR count).